The number of hydrogen-bond acceptors (Lipinski definition) is 4. The van der Waals surface area contributed by atoms with Gasteiger partial charge >= 0.3 is 0 Å². The molecule has 0 fully saturated rings. The number of amides is 2. The summed E-state index contributed by atoms with van der Waals surface area (Å²) in [5.41, 5.74) is 2.06. The van der Waals surface area contributed by atoms with Crippen molar-refractivity contribution in [3.05, 3.63) is 64.7 Å². The molecule has 0 bridgehead atoms. The highest BCUT2D eigenvalue weighted by atomic mass is 35.5. The van der Waals surface area contributed by atoms with Crippen LogP contribution in [0.25, 0.3) is 0 Å². The van der Waals surface area contributed by atoms with Crippen molar-refractivity contribution in [1.29, 1.82) is 0 Å². The molecule has 0 saturated heterocycles. The Balaban J connectivity index is 2.40. The fourth-order valence-corrected chi connectivity index (χ4v) is 4.35. The number of nitrogens with one attached hydrogen (secondary N) is 1. The summed E-state index contributed by atoms with van der Waals surface area (Å²) >= 11 is 6.21. The maximum Gasteiger partial charge on any atom is 0.244 e. The third kappa shape index (κ3) is 6.71. The second-order valence-electron chi connectivity index (χ2n) is 7.64. The van der Waals surface area contributed by atoms with Crippen LogP contribution in [0.2, 0.25) is 5.02 Å². The van der Waals surface area contributed by atoms with E-state index >= 15 is 0 Å². The van der Waals surface area contributed by atoms with E-state index < -0.39 is 28.5 Å². The van der Waals surface area contributed by atoms with Crippen LogP contribution in [0.3, 0.4) is 0 Å². The molecule has 174 valence electrons. The van der Waals surface area contributed by atoms with E-state index in [4.69, 9.17) is 11.6 Å². The van der Waals surface area contributed by atoms with Gasteiger partial charge in [-0.2, -0.15) is 0 Å². The lowest BCUT2D eigenvalue weighted by molar-refractivity contribution is -0.139. The molecule has 0 aliphatic rings. The minimum Gasteiger partial charge on any atom is -0.354 e. The highest BCUT2D eigenvalue weighted by molar-refractivity contribution is 7.92. The highest BCUT2D eigenvalue weighted by Crippen LogP contribution is 2.27. The van der Waals surface area contributed by atoms with Gasteiger partial charge < -0.3 is 10.2 Å². The Kier molecular flexibility index (Phi) is 9.09. The van der Waals surface area contributed by atoms with Crippen molar-refractivity contribution in [2.75, 3.05) is 23.7 Å². The van der Waals surface area contributed by atoms with Gasteiger partial charge in [0.05, 0.1) is 17.0 Å². The van der Waals surface area contributed by atoms with E-state index in [1.54, 1.807) is 31.2 Å². The molecule has 0 spiro atoms. The number of nitrogens with zero attached hydrogens (tertiary/aromatic N) is 2. The fraction of sp³-hybridized carbons (Fsp3) is 0.391. The first-order chi connectivity index (χ1) is 15.1. The van der Waals surface area contributed by atoms with Crippen LogP contribution in [0.5, 0.6) is 0 Å². The van der Waals surface area contributed by atoms with Gasteiger partial charge in [0, 0.05) is 13.1 Å². The van der Waals surface area contributed by atoms with Gasteiger partial charge in [-0.25, -0.2) is 8.42 Å². The van der Waals surface area contributed by atoms with E-state index in [2.05, 4.69) is 5.32 Å². The number of anilines is 1. The number of hydrogen-bond donors (Lipinski definition) is 1. The molecule has 2 amide bonds. The summed E-state index contributed by atoms with van der Waals surface area (Å²) in [6.45, 7) is 5.69. The van der Waals surface area contributed by atoms with Crippen LogP contribution in [0.4, 0.5) is 5.69 Å². The first-order valence-corrected chi connectivity index (χ1v) is 12.6. The minimum atomic E-state index is -3.81. The number of para-hydroxylation sites is 1. The van der Waals surface area contributed by atoms with Crippen molar-refractivity contribution in [2.45, 2.75) is 39.8 Å². The number of carbonyl (C=O) groups is 2. The summed E-state index contributed by atoms with van der Waals surface area (Å²) in [5.74, 6) is -0.796. The number of carbonyl (C=O) groups excluding carboxylic acids is 2. The fourth-order valence-electron chi connectivity index (χ4n) is 3.20. The van der Waals surface area contributed by atoms with Crippen LogP contribution < -0.4 is 9.62 Å². The molecule has 0 aliphatic carbocycles. The zero-order chi connectivity index (χ0) is 23.9. The third-order valence-electron chi connectivity index (χ3n) is 5.12. The van der Waals surface area contributed by atoms with Gasteiger partial charge in [0.25, 0.3) is 0 Å². The number of aryl methyl sites for hydroxylation is 1. The van der Waals surface area contributed by atoms with Crippen LogP contribution in [0, 0.1) is 6.92 Å². The molecule has 7 nitrogen and oxygen atoms in total. The van der Waals surface area contributed by atoms with Gasteiger partial charge in [0.1, 0.15) is 12.6 Å². The molecule has 0 aliphatic heterocycles. The number of sulfonamides is 1. The quantitative estimate of drug-likeness (QED) is 0.566. The zero-order valence-corrected chi connectivity index (χ0v) is 20.4. The number of benzene rings is 2. The molecule has 2 rings (SSSR count). The van der Waals surface area contributed by atoms with Gasteiger partial charge in [-0.05, 0) is 43.5 Å². The van der Waals surface area contributed by atoms with Crippen molar-refractivity contribution in [3.8, 4) is 0 Å². The SMILES string of the molecule is CCCNC(=O)[C@H](C)N(Cc1ccccc1C)C(=O)CN(c1ccccc1Cl)S(C)(=O)=O. The maximum atomic E-state index is 13.4. The van der Waals surface area contributed by atoms with Gasteiger partial charge in [-0.15, -0.1) is 0 Å². The molecular weight excluding hydrogens is 450 g/mol. The van der Waals surface area contributed by atoms with E-state index in [1.807, 2.05) is 38.1 Å². The van der Waals surface area contributed by atoms with Crippen molar-refractivity contribution in [3.63, 3.8) is 0 Å². The second-order valence-corrected chi connectivity index (χ2v) is 9.95. The summed E-state index contributed by atoms with van der Waals surface area (Å²) in [6, 6.07) is 13.2. The van der Waals surface area contributed by atoms with Crippen LogP contribution >= 0.6 is 11.6 Å². The highest BCUT2D eigenvalue weighted by Gasteiger charge is 2.30. The standard InChI is InChI=1S/C23H30ClN3O4S/c1-5-14-25-23(29)18(3)26(15-19-11-7-6-10-17(19)2)22(28)16-27(32(4,30)31)21-13-9-8-12-20(21)24/h6-13,18H,5,14-16H2,1-4H3,(H,25,29)/t18-/m0/s1. The Hall–Kier alpha value is -2.58. The summed E-state index contributed by atoms with van der Waals surface area (Å²) in [4.78, 5) is 27.5. The summed E-state index contributed by atoms with van der Waals surface area (Å²) in [5, 5.41) is 3.02. The third-order valence-corrected chi connectivity index (χ3v) is 6.56. The zero-order valence-electron chi connectivity index (χ0n) is 18.8. The van der Waals surface area contributed by atoms with Crippen molar-refractivity contribution in [2.24, 2.45) is 0 Å². The molecule has 0 aromatic heterocycles. The minimum absolute atomic E-state index is 0.173. The summed E-state index contributed by atoms with van der Waals surface area (Å²) in [7, 11) is -3.81. The van der Waals surface area contributed by atoms with Crippen LogP contribution in [0.1, 0.15) is 31.4 Å². The van der Waals surface area contributed by atoms with Crippen LogP contribution in [0.15, 0.2) is 48.5 Å². The molecule has 2 aromatic carbocycles. The largest absolute Gasteiger partial charge is 0.354 e. The monoisotopic (exact) mass is 479 g/mol. The normalized spacial score (nSPS) is 12.2. The summed E-state index contributed by atoms with van der Waals surface area (Å²) in [6.07, 6.45) is 1.78. The van der Waals surface area contributed by atoms with Gasteiger partial charge in [0.15, 0.2) is 0 Å². The van der Waals surface area contributed by atoms with Crippen molar-refractivity contribution >= 4 is 39.1 Å². The second kappa shape index (κ2) is 11.3. The molecule has 1 atom stereocenters. The molecule has 0 unspecified atom stereocenters. The lowest BCUT2D eigenvalue weighted by Gasteiger charge is -2.32. The number of halogens is 1. The Morgan fingerprint density at radius 3 is 2.31 bits per heavy atom. The predicted molar refractivity (Wildman–Crippen MR) is 128 cm³/mol. The molecule has 32 heavy (non-hydrogen) atoms. The van der Waals surface area contributed by atoms with E-state index in [0.717, 1.165) is 28.1 Å². The Morgan fingerprint density at radius 2 is 1.72 bits per heavy atom. The summed E-state index contributed by atoms with van der Waals surface area (Å²) < 4.78 is 26.0. The van der Waals surface area contributed by atoms with Crippen molar-refractivity contribution < 1.29 is 18.0 Å². The van der Waals surface area contributed by atoms with E-state index in [9.17, 15) is 18.0 Å². The first-order valence-electron chi connectivity index (χ1n) is 10.4. The smallest absolute Gasteiger partial charge is 0.244 e. The maximum absolute atomic E-state index is 13.4. The molecule has 2 aromatic rings. The lowest BCUT2D eigenvalue weighted by Crippen LogP contribution is -2.51. The molecular formula is C23H30ClN3O4S. The molecule has 0 heterocycles. The first kappa shape index (κ1) is 25.7. The molecule has 9 heteroatoms. The molecule has 0 radical (unpaired) electrons. The number of rotatable bonds is 10. The lowest BCUT2D eigenvalue weighted by atomic mass is 10.1. The Labute approximate surface area is 195 Å². The van der Waals surface area contributed by atoms with Gasteiger partial charge in [-0.3, -0.25) is 13.9 Å². The molecule has 0 saturated carbocycles. The van der Waals surface area contributed by atoms with E-state index in [1.165, 1.54) is 4.90 Å². The van der Waals surface area contributed by atoms with E-state index in [-0.39, 0.29) is 23.2 Å². The average Bonchev–Trinajstić information content (AvgIpc) is 2.74. The molecule has 1 N–H and O–H groups in total. The van der Waals surface area contributed by atoms with Crippen molar-refractivity contribution in [1.82, 2.24) is 10.2 Å². The predicted octanol–water partition coefficient (Wildman–Crippen LogP) is 3.36. The van der Waals surface area contributed by atoms with Crippen LogP contribution in [-0.4, -0.2) is 50.5 Å². The van der Waals surface area contributed by atoms with Gasteiger partial charge in [-0.1, -0.05) is 54.9 Å². The topological polar surface area (TPSA) is 86.8 Å². The van der Waals surface area contributed by atoms with Crippen LogP contribution in [-0.2, 0) is 26.2 Å². The average molecular weight is 480 g/mol. The van der Waals surface area contributed by atoms with E-state index in [0.29, 0.717) is 6.54 Å². The Bertz CT molecular complexity index is 1060. The van der Waals surface area contributed by atoms with Gasteiger partial charge in [0.2, 0.25) is 21.8 Å². The Morgan fingerprint density at radius 1 is 1.09 bits per heavy atom.